The van der Waals surface area contributed by atoms with Gasteiger partial charge in [-0.2, -0.15) is 4.99 Å². The Labute approximate surface area is 119 Å². The zero-order chi connectivity index (χ0) is 14.3. The van der Waals surface area contributed by atoms with Gasteiger partial charge in [-0.1, -0.05) is 28.6 Å². The van der Waals surface area contributed by atoms with Gasteiger partial charge in [-0.15, -0.1) is 0 Å². The summed E-state index contributed by atoms with van der Waals surface area (Å²) < 4.78 is 8.02. The molecule has 2 heterocycles. The molecule has 0 aliphatic heterocycles. The highest BCUT2D eigenvalue weighted by molar-refractivity contribution is 7.16. The van der Waals surface area contributed by atoms with Gasteiger partial charge in [-0.25, -0.2) is 0 Å². The van der Waals surface area contributed by atoms with Crippen molar-refractivity contribution >= 4 is 27.5 Å². The van der Waals surface area contributed by atoms with Crippen LogP contribution >= 0.6 is 11.3 Å². The Kier molecular flexibility index (Phi) is 3.02. The van der Waals surface area contributed by atoms with Crippen molar-refractivity contribution in [1.29, 1.82) is 0 Å². The van der Waals surface area contributed by atoms with Crippen molar-refractivity contribution in [2.24, 2.45) is 12.0 Å². The van der Waals surface area contributed by atoms with Crippen molar-refractivity contribution in [2.75, 3.05) is 0 Å². The van der Waals surface area contributed by atoms with Gasteiger partial charge < -0.3 is 9.09 Å². The highest BCUT2D eigenvalue weighted by Gasteiger charge is 2.17. The van der Waals surface area contributed by atoms with Crippen LogP contribution in [0.5, 0.6) is 0 Å². The van der Waals surface area contributed by atoms with Crippen molar-refractivity contribution < 1.29 is 9.32 Å². The number of para-hydroxylation sites is 1. The van der Waals surface area contributed by atoms with Gasteiger partial charge >= 0.3 is 0 Å². The molecule has 102 valence electrons. The number of hydrogen-bond acceptors (Lipinski definition) is 4. The number of nitrogens with zero attached hydrogens (tertiary/aromatic N) is 3. The maximum absolute atomic E-state index is 12.3. The zero-order valence-corrected chi connectivity index (χ0v) is 12.2. The number of carbonyl (C=O) groups excluding carboxylic acids is 1. The summed E-state index contributed by atoms with van der Waals surface area (Å²) in [6.45, 7) is 3.46. The molecule has 5 nitrogen and oxygen atoms in total. The lowest BCUT2D eigenvalue weighted by molar-refractivity contribution is 0.0996. The number of aryl methyl sites for hydroxylation is 3. The molecule has 2 aromatic heterocycles. The number of benzene rings is 1. The number of rotatable bonds is 1. The molecular weight excluding hydrogens is 274 g/mol. The molecule has 3 rings (SSSR count). The Bertz CT molecular complexity index is 851. The van der Waals surface area contributed by atoms with Gasteiger partial charge in [-0.05, 0) is 26.0 Å². The Morgan fingerprint density at radius 1 is 1.35 bits per heavy atom. The average molecular weight is 287 g/mol. The summed E-state index contributed by atoms with van der Waals surface area (Å²) in [6.07, 6.45) is 0. The topological polar surface area (TPSA) is 60.4 Å². The first-order valence-electron chi connectivity index (χ1n) is 6.14. The quantitative estimate of drug-likeness (QED) is 0.691. The monoisotopic (exact) mass is 287 g/mol. The SMILES string of the molecule is Cc1noc(C)c1C(=O)N=c1sc2ccccc2n1C. The van der Waals surface area contributed by atoms with Crippen LogP contribution in [0.1, 0.15) is 21.8 Å². The minimum absolute atomic E-state index is 0.316. The molecule has 1 amide bonds. The van der Waals surface area contributed by atoms with Crippen LogP contribution in [0.3, 0.4) is 0 Å². The second-order valence-corrected chi connectivity index (χ2v) is 5.54. The van der Waals surface area contributed by atoms with Crippen molar-refractivity contribution in [3.8, 4) is 0 Å². The fourth-order valence-electron chi connectivity index (χ4n) is 2.12. The predicted molar refractivity (Wildman–Crippen MR) is 76.7 cm³/mol. The van der Waals surface area contributed by atoms with Gasteiger partial charge in [-0.3, -0.25) is 4.79 Å². The van der Waals surface area contributed by atoms with E-state index in [4.69, 9.17) is 4.52 Å². The normalized spacial score (nSPS) is 12.2. The van der Waals surface area contributed by atoms with E-state index in [-0.39, 0.29) is 5.91 Å². The Morgan fingerprint density at radius 3 is 2.75 bits per heavy atom. The van der Waals surface area contributed by atoms with E-state index in [1.165, 1.54) is 11.3 Å². The maximum atomic E-state index is 12.3. The molecule has 0 N–H and O–H groups in total. The molecule has 0 saturated carbocycles. The third kappa shape index (κ3) is 1.98. The van der Waals surface area contributed by atoms with E-state index in [0.29, 0.717) is 21.8 Å². The van der Waals surface area contributed by atoms with Gasteiger partial charge in [0.1, 0.15) is 11.3 Å². The fraction of sp³-hybridized carbons (Fsp3) is 0.214. The molecular formula is C14H13N3O2S. The second kappa shape index (κ2) is 4.72. The summed E-state index contributed by atoms with van der Waals surface area (Å²) in [5, 5.41) is 3.78. The van der Waals surface area contributed by atoms with E-state index in [2.05, 4.69) is 10.1 Å². The molecule has 0 spiro atoms. The van der Waals surface area contributed by atoms with Crippen LogP contribution in [0.2, 0.25) is 0 Å². The van der Waals surface area contributed by atoms with E-state index in [0.717, 1.165) is 10.2 Å². The summed E-state index contributed by atoms with van der Waals surface area (Å²) in [5.74, 6) is 0.184. The summed E-state index contributed by atoms with van der Waals surface area (Å²) in [4.78, 5) is 17.1. The highest BCUT2D eigenvalue weighted by Crippen LogP contribution is 2.16. The van der Waals surface area contributed by atoms with E-state index in [1.54, 1.807) is 13.8 Å². The van der Waals surface area contributed by atoms with Crippen molar-refractivity contribution in [2.45, 2.75) is 13.8 Å². The molecule has 0 bridgehead atoms. The molecule has 3 aromatic rings. The number of fused-ring (bicyclic) bond motifs is 1. The van der Waals surface area contributed by atoms with Crippen LogP contribution in [0.25, 0.3) is 10.2 Å². The van der Waals surface area contributed by atoms with Gasteiger partial charge in [0, 0.05) is 7.05 Å². The van der Waals surface area contributed by atoms with Gasteiger partial charge in [0.25, 0.3) is 5.91 Å². The summed E-state index contributed by atoms with van der Waals surface area (Å²) in [5.41, 5.74) is 2.07. The smallest absolute Gasteiger partial charge is 0.285 e. The average Bonchev–Trinajstić information content (AvgIpc) is 2.92. The largest absolute Gasteiger partial charge is 0.361 e. The zero-order valence-electron chi connectivity index (χ0n) is 11.4. The van der Waals surface area contributed by atoms with Gasteiger partial charge in [0.05, 0.1) is 15.9 Å². The number of hydrogen-bond donors (Lipinski definition) is 0. The predicted octanol–water partition coefficient (Wildman–Crippen LogP) is 2.59. The summed E-state index contributed by atoms with van der Waals surface area (Å²) >= 11 is 1.49. The minimum atomic E-state index is -0.316. The van der Waals surface area contributed by atoms with Crippen LogP contribution in [-0.2, 0) is 7.05 Å². The van der Waals surface area contributed by atoms with Crippen LogP contribution in [-0.4, -0.2) is 15.6 Å². The van der Waals surface area contributed by atoms with Crippen molar-refractivity contribution in [3.05, 3.63) is 46.1 Å². The lowest BCUT2D eigenvalue weighted by Gasteiger charge is -1.94. The lowest BCUT2D eigenvalue weighted by Crippen LogP contribution is -2.13. The molecule has 0 aliphatic carbocycles. The van der Waals surface area contributed by atoms with E-state index in [1.807, 2.05) is 35.9 Å². The van der Waals surface area contributed by atoms with Crippen LogP contribution in [0, 0.1) is 13.8 Å². The van der Waals surface area contributed by atoms with Crippen LogP contribution in [0.4, 0.5) is 0 Å². The van der Waals surface area contributed by atoms with Crippen LogP contribution < -0.4 is 4.80 Å². The Balaban J connectivity index is 2.16. The molecule has 6 heteroatoms. The molecule has 1 aromatic carbocycles. The molecule has 0 saturated heterocycles. The molecule has 0 atom stereocenters. The Morgan fingerprint density at radius 2 is 2.10 bits per heavy atom. The molecule has 0 radical (unpaired) electrons. The highest BCUT2D eigenvalue weighted by atomic mass is 32.1. The van der Waals surface area contributed by atoms with Crippen LogP contribution in [0.15, 0.2) is 33.8 Å². The number of aromatic nitrogens is 2. The third-order valence-corrected chi connectivity index (χ3v) is 4.27. The van der Waals surface area contributed by atoms with Gasteiger partial charge in [0.15, 0.2) is 4.80 Å². The number of amides is 1. The van der Waals surface area contributed by atoms with Gasteiger partial charge in [0.2, 0.25) is 0 Å². The van der Waals surface area contributed by atoms with E-state index >= 15 is 0 Å². The first-order chi connectivity index (χ1) is 9.58. The standard InChI is InChI=1S/C14H13N3O2S/c1-8-12(9(2)19-16-8)13(18)15-14-17(3)10-6-4-5-7-11(10)20-14/h4-7H,1-3H3. The molecule has 0 fully saturated rings. The molecule has 20 heavy (non-hydrogen) atoms. The van der Waals surface area contributed by atoms with E-state index in [9.17, 15) is 4.79 Å². The third-order valence-electron chi connectivity index (χ3n) is 3.16. The fourth-order valence-corrected chi connectivity index (χ4v) is 3.14. The van der Waals surface area contributed by atoms with Crippen molar-refractivity contribution in [1.82, 2.24) is 9.72 Å². The summed E-state index contributed by atoms with van der Waals surface area (Å²) in [7, 11) is 1.90. The number of thiazole rings is 1. The summed E-state index contributed by atoms with van der Waals surface area (Å²) in [6, 6.07) is 7.96. The minimum Gasteiger partial charge on any atom is -0.361 e. The Hall–Kier alpha value is -2.21. The second-order valence-electron chi connectivity index (χ2n) is 4.53. The number of carbonyl (C=O) groups is 1. The maximum Gasteiger partial charge on any atom is 0.285 e. The lowest BCUT2D eigenvalue weighted by atomic mass is 10.2. The van der Waals surface area contributed by atoms with Crippen molar-refractivity contribution in [3.63, 3.8) is 0 Å². The molecule has 0 unspecified atom stereocenters. The first-order valence-corrected chi connectivity index (χ1v) is 6.96. The van der Waals surface area contributed by atoms with E-state index < -0.39 is 0 Å². The molecule has 0 aliphatic rings. The first kappa shape index (κ1) is 12.8.